The Kier molecular flexibility index (Phi) is 3.74. The van der Waals surface area contributed by atoms with Crippen molar-refractivity contribution in [1.82, 2.24) is 0 Å². The summed E-state index contributed by atoms with van der Waals surface area (Å²) in [5.41, 5.74) is 4.87. The second-order valence-electron chi connectivity index (χ2n) is 6.61. The average molecular weight is 313 g/mol. The van der Waals surface area contributed by atoms with Crippen LogP contribution in [0.3, 0.4) is 0 Å². The lowest BCUT2D eigenvalue weighted by Gasteiger charge is -2.27. The Morgan fingerprint density at radius 1 is 1.29 bits per heavy atom. The van der Waals surface area contributed by atoms with Gasteiger partial charge in [-0.3, -0.25) is 0 Å². The minimum Gasteiger partial charge on any atom is -0.497 e. The van der Waals surface area contributed by atoms with Crippen molar-refractivity contribution in [3.63, 3.8) is 0 Å². The molecule has 6 heteroatoms. The Labute approximate surface area is 126 Å². The second-order valence-corrected chi connectivity index (χ2v) is 8.71. The second kappa shape index (κ2) is 4.88. The van der Waals surface area contributed by atoms with E-state index in [1.54, 1.807) is 26.0 Å². The van der Waals surface area contributed by atoms with Gasteiger partial charge in [-0.15, -0.1) is 0 Å². The van der Waals surface area contributed by atoms with Gasteiger partial charge in [0, 0.05) is 6.07 Å². The van der Waals surface area contributed by atoms with Crippen LogP contribution in [0.1, 0.15) is 34.1 Å². The summed E-state index contributed by atoms with van der Waals surface area (Å²) in [6.45, 7) is 7.42. The minimum absolute atomic E-state index is 0.112. The van der Waals surface area contributed by atoms with Gasteiger partial charge in [-0.1, -0.05) is 0 Å². The molecular weight excluding hydrogens is 290 g/mol. The van der Waals surface area contributed by atoms with E-state index in [-0.39, 0.29) is 10.6 Å². The first-order valence-corrected chi connectivity index (χ1v) is 8.42. The fourth-order valence-corrected chi connectivity index (χ4v) is 5.44. The van der Waals surface area contributed by atoms with Gasteiger partial charge in [0.25, 0.3) is 0 Å². The highest BCUT2D eigenvalue weighted by Crippen LogP contribution is 2.44. The zero-order valence-electron chi connectivity index (χ0n) is 13.1. The molecule has 0 radical (unpaired) electrons. The van der Waals surface area contributed by atoms with Gasteiger partial charge in [0.05, 0.1) is 34.1 Å². The first-order valence-electron chi connectivity index (χ1n) is 6.87. The molecular formula is C15H23NO4S. The summed E-state index contributed by atoms with van der Waals surface area (Å²) in [5, 5.41) is -0.644. The van der Waals surface area contributed by atoms with Gasteiger partial charge in [-0.25, -0.2) is 8.42 Å². The van der Waals surface area contributed by atoms with E-state index >= 15 is 0 Å². The van der Waals surface area contributed by atoms with E-state index in [9.17, 15) is 8.42 Å². The van der Waals surface area contributed by atoms with Crippen LogP contribution < -0.4 is 10.5 Å². The molecule has 5 nitrogen and oxygen atoms in total. The van der Waals surface area contributed by atoms with Gasteiger partial charge in [0.1, 0.15) is 5.75 Å². The molecule has 1 aliphatic rings. The molecule has 1 aromatic carbocycles. The zero-order chi connectivity index (χ0) is 16.1. The summed E-state index contributed by atoms with van der Waals surface area (Å²) in [6, 6.07) is 4.68. The maximum Gasteiger partial charge on any atom is 0.186 e. The van der Waals surface area contributed by atoms with Crippen molar-refractivity contribution < 1.29 is 17.9 Å². The molecule has 0 spiro atoms. The van der Waals surface area contributed by atoms with Crippen LogP contribution in [-0.2, 0) is 14.6 Å². The number of nitrogens with two attached hydrogens (primary N) is 1. The van der Waals surface area contributed by atoms with Crippen LogP contribution in [0.2, 0.25) is 0 Å². The summed E-state index contributed by atoms with van der Waals surface area (Å²) in [4.78, 5) is 0.112. The standard InChI is InChI=1S/C15H23NO4S/c1-14(2)9-13(15(3,4)20-14)21(17,18)12-8-10(19-5)6-7-11(12)16/h6-8,13H,9,16H2,1-5H3. The Balaban J connectivity index is 2.53. The van der Waals surface area contributed by atoms with Crippen molar-refractivity contribution >= 4 is 15.5 Å². The van der Waals surface area contributed by atoms with Crippen LogP contribution in [0.5, 0.6) is 5.75 Å². The molecule has 0 bridgehead atoms. The van der Waals surface area contributed by atoms with Gasteiger partial charge >= 0.3 is 0 Å². The van der Waals surface area contributed by atoms with Crippen molar-refractivity contribution in [2.75, 3.05) is 12.8 Å². The number of rotatable bonds is 3. The molecule has 0 saturated carbocycles. The Morgan fingerprint density at radius 3 is 2.38 bits per heavy atom. The summed E-state index contributed by atoms with van der Waals surface area (Å²) < 4.78 is 37.0. The predicted molar refractivity (Wildman–Crippen MR) is 82.2 cm³/mol. The van der Waals surface area contributed by atoms with Crippen LogP contribution in [-0.4, -0.2) is 32.0 Å². The lowest BCUT2D eigenvalue weighted by molar-refractivity contribution is -0.0635. The summed E-state index contributed by atoms with van der Waals surface area (Å²) in [6.07, 6.45) is 0.430. The third kappa shape index (κ3) is 2.87. The maximum atomic E-state index is 13.0. The Bertz CT molecular complexity index is 650. The largest absolute Gasteiger partial charge is 0.497 e. The van der Waals surface area contributed by atoms with Gasteiger partial charge < -0.3 is 15.2 Å². The number of hydrogen-bond donors (Lipinski definition) is 1. The van der Waals surface area contributed by atoms with Crippen LogP contribution >= 0.6 is 0 Å². The molecule has 1 atom stereocenters. The molecule has 1 aromatic rings. The number of anilines is 1. The van der Waals surface area contributed by atoms with E-state index in [4.69, 9.17) is 15.2 Å². The van der Waals surface area contributed by atoms with Crippen molar-refractivity contribution in [3.8, 4) is 5.75 Å². The molecule has 2 rings (SSSR count). The van der Waals surface area contributed by atoms with E-state index in [0.29, 0.717) is 12.2 Å². The minimum atomic E-state index is -3.61. The van der Waals surface area contributed by atoms with Crippen molar-refractivity contribution in [2.24, 2.45) is 0 Å². The molecule has 118 valence electrons. The van der Waals surface area contributed by atoms with Crippen molar-refractivity contribution in [3.05, 3.63) is 18.2 Å². The molecule has 0 amide bonds. The monoisotopic (exact) mass is 313 g/mol. The Morgan fingerprint density at radius 2 is 1.90 bits per heavy atom. The molecule has 1 fully saturated rings. The SMILES string of the molecule is COc1ccc(N)c(S(=O)(=O)C2CC(C)(C)OC2(C)C)c1. The lowest BCUT2D eigenvalue weighted by Crippen LogP contribution is -2.38. The fraction of sp³-hybridized carbons (Fsp3) is 0.600. The van der Waals surface area contributed by atoms with Crippen molar-refractivity contribution in [2.45, 2.75) is 55.5 Å². The summed E-state index contributed by atoms with van der Waals surface area (Å²) >= 11 is 0. The molecule has 0 aliphatic carbocycles. The van der Waals surface area contributed by atoms with Crippen LogP contribution in [0.25, 0.3) is 0 Å². The quantitative estimate of drug-likeness (QED) is 0.867. The van der Waals surface area contributed by atoms with Gasteiger partial charge in [-0.05, 0) is 46.2 Å². The van der Waals surface area contributed by atoms with Crippen molar-refractivity contribution in [1.29, 1.82) is 0 Å². The number of hydrogen-bond acceptors (Lipinski definition) is 5. The van der Waals surface area contributed by atoms with E-state index < -0.39 is 26.3 Å². The van der Waals surface area contributed by atoms with E-state index in [1.165, 1.54) is 13.2 Å². The molecule has 1 saturated heterocycles. The van der Waals surface area contributed by atoms with Gasteiger partial charge in [-0.2, -0.15) is 0 Å². The van der Waals surface area contributed by atoms with Crippen LogP contribution in [0, 0.1) is 0 Å². The number of ether oxygens (including phenoxy) is 2. The first-order chi connectivity index (χ1) is 9.49. The average Bonchev–Trinajstić information content (AvgIpc) is 2.58. The zero-order valence-corrected chi connectivity index (χ0v) is 14.0. The Hall–Kier alpha value is -1.27. The molecule has 1 unspecified atom stereocenters. The topological polar surface area (TPSA) is 78.6 Å². The third-order valence-electron chi connectivity index (χ3n) is 3.89. The molecule has 2 N–H and O–H groups in total. The number of nitrogen functional groups attached to an aromatic ring is 1. The van der Waals surface area contributed by atoms with Gasteiger partial charge in [0.15, 0.2) is 9.84 Å². The van der Waals surface area contributed by atoms with E-state index in [2.05, 4.69) is 0 Å². The number of sulfone groups is 1. The van der Waals surface area contributed by atoms with Crippen LogP contribution in [0.4, 0.5) is 5.69 Å². The highest BCUT2D eigenvalue weighted by atomic mass is 32.2. The summed E-state index contributed by atoms with van der Waals surface area (Å²) in [7, 11) is -2.12. The van der Waals surface area contributed by atoms with E-state index in [0.717, 1.165) is 0 Å². The van der Waals surface area contributed by atoms with E-state index in [1.807, 2.05) is 13.8 Å². The van der Waals surface area contributed by atoms with Gasteiger partial charge in [0.2, 0.25) is 0 Å². The highest BCUT2D eigenvalue weighted by Gasteiger charge is 2.52. The fourth-order valence-electron chi connectivity index (χ4n) is 3.04. The number of benzene rings is 1. The molecule has 1 heterocycles. The first kappa shape index (κ1) is 16.1. The highest BCUT2D eigenvalue weighted by molar-refractivity contribution is 7.92. The molecule has 21 heavy (non-hydrogen) atoms. The number of methoxy groups -OCH3 is 1. The normalized spacial score (nSPS) is 24.0. The summed E-state index contributed by atoms with van der Waals surface area (Å²) in [5.74, 6) is 0.471. The predicted octanol–water partition coefficient (Wildman–Crippen LogP) is 2.40. The smallest absolute Gasteiger partial charge is 0.186 e. The maximum absolute atomic E-state index is 13.0. The third-order valence-corrected chi connectivity index (χ3v) is 6.34. The molecule has 0 aromatic heterocycles. The lowest BCUT2D eigenvalue weighted by atomic mass is 10.0. The van der Waals surface area contributed by atoms with Crippen LogP contribution in [0.15, 0.2) is 23.1 Å². The molecule has 1 aliphatic heterocycles.